The summed E-state index contributed by atoms with van der Waals surface area (Å²) >= 11 is 1.53. The first kappa shape index (κ1) is 13.8. The van der Waals surface area contributed by atoms with E-state index in [4.69, 9.17) is 4.42 Å². The number of likely N-dealkylation sites (tertiary alicyclic amines) is 1. The summed E-state index contributed by atoms with van der Waals surface area (Å²) in [6, 6.07) is 3.82. The summed E-state index contributed by atoms with van der Waals surface area (Å²) in [7, 11) is 0. The van der Waals surface area contributed by atoms with Gasteiger partial charge in [0, 0.05) is 24.9 Å². The summed E-state index contributed by atoms with van der Waals surface area (Å²) < 4.78 is 5.79. The normalized spacial score (nSPS) is 19.4. The fourth-order valence-electron chi connectivity index (χ4n) is 2.77. The zero-order valence-corrected chi connectivity index (χ0v) is 13.0. The first-order valence-electron chi connectivity index (χ1n) is 7.72. The topological polar surface area (TPSA) is 71.3 Å². The number of rotatable bonds is 3. The Morgan fingerprint density at radius 3 is 2.45 bits per heavy atom. The molecule has 1 N–H and O–H groups in total. The molecule has 6 nitrogen and oxygen atoms in total. The third-order valence-corrected chi connectivity index (χ3v) is 5.05. The molecule has 4 rings (SSSR count). The van der Waals surface area contributed by atoms with Crippen molar-refractivity contribution >= 4 is 22.4 Å². The maximum atomic E-state index is 12.2. The maximum Gasteiger partial charge on any atom is 0.322 e. The van der Waals surface area contributed by atoms with Crippen LogP contribution >= 0.6 is 11.3 Å². The summed E-state index contributed by atoms with van der Waals surface area (Å²) in [5.41, 5.74) is 0. The molecule has 0 atom stereocenters. The first-order chi connectivity index (χ1) is 10.8. The number of urea groups is 1. The Bertz CT molecular complexity index is 642. The quantitative estimate of drug-likeness (QED) is 0.941. The van der Waals surface area contributed by atoms with Crippen LogP contribution in [-0.2, 0) is 0 Å². The molecular weight excluding hydrogens is 300 g/mol. The standard InChI is InChI=1S/C15H18N4O2S/c20-15(16-12-2-1-9-22-12)19-7-5-11(6-8-19)14-18-17-13(21-14)10-3-4-10/h1-2,9-11H,3-8H2,(H,16,20). The second-order valence-corrected chi connectivity index (χ2v) is 6.87. The second kappa shape index (κ2) is 5.72. The molecule has 0 radical (unpaired) electrons. The minimum atomic E-state index is -0.0231. The van der Waals surface area contributed by atoms with Gasteiger partial charge in [0.15, 0.2) is 0 Å². The minimum Gasteiger partial charge on any atom is -0.425 e. The van der Waals surface area contributed by atoms with E-state index in [1.807, 2.05) is 22.4 Å². The Labute approximate surface area is 132 Å². The van der Waals surface area contributed by atoms with Crippen molar-refractivity contribution in [2.24, 2.45) is 0 Å². The lowest BCUT2D eigenvalue weighted by Gasteiger charge is -2.30. The molecule has 2 aliphatic rings. The van der Waals surface area contributed by atoms with E-state index in [9.17, 15) is 4.79 Å². The Morgan fingerprint density at radius 2 is 1.86 bits per heavy atom. The highest BCUT2D eigenvalue weighted by Gasteiger charge is 2.32. The van der Waals surface area contributed by atoms with Crippen molar-refractivity contribution < 1.29 is 9.21 Å². The van der Waals surface area contributed by atoms with Gasteiger partial charge in [-0.1, -0.05) is 0 Å². The second-order valence-electron chi connectivity index (χ2n) is 5.92. The molecular formula is C15H18N4O2S. The van der Waals surface area contributed by atoms with Crippen LogP contribution in [0.15, 0.2) is 21.9 Å². The largest absolute Gasteiger partial charge is 0.425 e. The molecule has 2 fully saturated rings. The van der Waals surface area contributed by atoms with E-state index in [1.165, 1.54) is 24.2 Å². The van der Waals surface area contributed by atoms with Crippen LogP contribution in [0.5, 0.6) is 0 Å². The summed E-state index contributed by atoms with van der Waals surface area (Å²) in [6.07, 6.45) is 4.10. The van der Waals surface area contributed by atoms with Gasteiger partial charge in [-0.05, 0) is 43.2 Å². The maximum absolute atomic E-state index is 12.2. The predicted octanol–water partition coefficient (Wildman–Crippen LogP) is 3.42. The first-order valence-corrected chi connectivity index (χ1v) is 8.60. The van der Waals surface area contributed by atoms with Gasteiger partial charge in [0.05, 0.1) is 5.00 Å². The average Bonchev–Trinajstić information content (AvgIpc) is 3.06. The number of nitrogens with zero attached hydrogens (tertiary/aromatic N) is 3. The molecule has 2 aromatic heterocycles. The molecule has 2 amide bonds. The smallest absolute Gasteiger partial charge is 0.322 e. The summed E-state index contributed by atoms with van der Waals surface area (Å²) in [6.45, 7) is 1.45. The number of aromatic nitrogens is 2. The molecule has 2 aromatic rings. The molecule has 22 heavy (non-hydrogen) atoms. The van der Waals surface area contributed by atoms with E-state index < -0.39 is 0 Å². The van der Waals surface area contributed by atoms with Crippen molar-refractivity contribution in [3.63, 3.8) is 0 Å². The van der Waals surface area contributed by atoms with Crippen molar-refractivity contribution in [3.8, 4) is 0 Å². The minimum absolute atomic E-state index is 0.0231. The fourth-order valence-corrected chi connectivity index (χ4v) is 3.38. The van der Waals surface area contributed by atoms with Crippen LogP contribution in [0.4, 0.5) is 9.80 Å². The van der Waals surface area contributed by atoms with Crippen LogP contribution < -0.4 is 5.32 Å². The molecule has 3 heterocycles. The number of amides is 2. The Kier molecular flexibility index (Phi) is 3.57. The molecule has 1 saturated carbocycles. The van der Waals surface area contributed by atoms with Gasteiger partial charge >= 0.3 is 6.03 Å². The van der Waals surface area contributed by atoms with Crippen LogP contribution in [0.2, 0.25) is 0 Å². The van der Waals surface area contributed by atoms with E-state index >= 15 is 0 Å². The Hall–Kier alpha value is -1.89. The fraction of sp³-hybridized carbons (Fsp3) is 0.533. The summed E-state index contributed by atoms with van der Waals surface area (Å²) in [5.74, 6) is 2.33. The number of hydrogen-bond acceptors (Lipinski definition) is 5. The molecule has 0 bridgehead atoms. The molecule has 0 spiro atoms. The van der Waals surface area contributed by atoms with E-state index in [1.54, 1.807) is 0 Å². The van der Waals surface area contributed by atoms with E-state index in [0.717, 1.165) is 42.7 Å². The molecule has 0 unspecified atom stereocenters. The van der Waals surface area contributed by atoms with Gasteiger partial charge < -0.3 is 9.32 Å². The lowest BCUT2D eigenvalue weighted by Crippen LogP contribution is -2.40. The highest BCUT2D eigenvalue weighted by Crippen LogP contribution is 2.40. The third-order valence-electron chi connectivity index (χ3n) is 4.27. The zero-order chi connectivity index (χ0) is 14.9. The molecule has 1 saturated heterocycles. The molecule has 0 aromatic carbocycles. The summed E-state index contributed by atoms with van der Waals surface area (Å²) in [5, 5.41) is 14.1. The van der Waals surface area contributed by atoms with Crippen molar-refractivity contribution in [1.82, 2.24) is 15.1 Å². The SMILES string of the molecule is O=C(Nc1cccs1)N1CCC(c2nnc(C3CC3)o2)CC1. The summed E-state index contributed by atoms with van der Waals surface area (Å²) in [4.78, 5) is 14.0. The number of anilines is 1. The molecule has 116 valence electrons. The molecule has 1 aliphatic heterocycles. The van der Waals surface area contributed by atoms with Crippen LogP contribution in [-0.4, -0.2) is 34.2 Å². The monoisotopic (exact) mass is 318 g/mol. The van der Waals surface area contributed by atoms with Gasteiger partial charge in [-0.3, -0.25) is 5.32 Å². The average molecular weight is 318 g/mol. The Morgan fingerprint density at radius 1 is 1.18 bits per heavy atom. The number of piperidine rings is 1. The number of nitrogens with one attached hydrogen (secondary N) is 1. The van der Waals surface area contributed by atoms with Gasteiger partial charge in [-0.2, -0.15) is 0 Å². The van der Waals surface area contributed by atoms with Crippen LogP contribution in [0, 0.1) is 0 Å². The van der Waals surface area contributed by atoms with E-state index in [-0.39, 0.29) is 11.9 Å². The van der Waals surface area contributed by atoms with Crippen molar-refractivity contribution in [3.05, 3.63) is 29.3 Å². The number of carbonyl (C=O) groups excluding carboxylic acids is 1. The van der Waals surface area contributed by atoms with Crippen LogP contribution in [0.1, 0.15) is 49.3 Å². The van der Waals surface area contributed by atoms with Gasteiger partial charge in [0.1, 0.15) is 0 Å². The van der Waals surface area contributed by atoms with Gasteiger partial charge in [-0.15, -0.1) is 21.5 Å². The van der Waals surface area contributed by atoms with Gasteiger partial charge in [-0.25, -0.2) is 4.79 Å². The molecule has 1 aliphatic carbocycles. The molecule has 7 heteroatoms. The van der Waals surface area contributed by atoms with Crippen molar-refractivity contribution in [2.75, 3.05) is 18.4 Å². The number of carbonyl (C=O) groups is 1. The number of hydrogen-bond donors (Lipinski definition) is 1. The van der Waals surface area contributed by atoms with Gasteiger partial charge in [0.2, 0.25) is 11.8 Å². The highest BCUT2D eigenvalue weighted by atomic mass is 32.1. The lowest BCUT2D eigenvalue weighted by atomic mass is 9.97. The van der Waals surface area contributed by atoms with Crippen molar-refractivity contribution in [1.29, 1.82) is 0 Å². The Balaban J connectivity index is 1.32. The van der Waals surface area contributed by atoms with Crippen molar-refractivity contribution in [2.45, 2.75) is 37.5 Å². The predicted molar refractivity (Wildman–Crippen MR) is 83.2 cm³/mol. The van der Waals surface area contributed by atoms with Gasteiger partial charge in [0.25, 0.3) is 0 Å². The number of thiophene rings is 1. The zero-order valence-electron chi connectivity index (χ0n) is 12.2. The van der Waals surface area contributed by atoms with Crippen LogP contribution in [0.3, 0.4) is 0 Å². The van der Waals surface area contributed by atoms with E-state index in [0.29, 0.717) is 5.92 Å². The highest BCUT2D eigenvalue weighted by molar-refractivity contribution is 7.14. The third kappa shape index (κ3) is 2.85. The van der Waals surface area contributed by atoms with E-state index in [2.05, 4.69) is 15.5 Å². The van der Waals surface area contributed by atoms with Crippen LogP contribution in [0.25, 0.3) is 0 Å². The lowest BCUT2D eigenvalue weighted by molar-refractivity contribution is 0.189.